The largest absolute Gasteiger partial charge is 0.361 e. The number of aromatic amines is 1. The van der Waals surface area contributed by atoms with Crippen LogP contribution in [0.25, 0.3) is 10.9 Å². The van der Waals surface area contributed by atoms with Gasteiger partial charge in [0, 0.05) is 30.6 Å². The van der Waals surface area contributed by atoms with E-state index >= 15 is 0 Å². The van der Waals surface area contributed by atoms with Crippen LogP contribution in [0.2, 0.25) is 0 Å². The number of amides is 2. The molecule has 4 aromatic rings. The number of nitrogens with zero attached hydrogens (tertiary/aromatic N) is 2. The van der Waals surface area contributed by atoms with E-state index in [0.717, 1.165) is 17.5 Å². The van der Waals surface area contributed by atoms with Crippen LogP contribution in [0.5, 0.6) is 0 Å². The van der Waals surface area contributed by atoms with Gasteiger partial charge in [0.2, 0.25) is 5.91 Å². The molecule has 0 aliphatic carbocycles. The second-order valence-corrected chi connectivity index (χ2v) is 8.34. The Morgan fingerprint density at radius 3 is 2.61 bits per heavy atom. The minimum Gasteiger partial charge on any atom is -0.361 e. The topological polar surface area (TPSA) is 78.1 Å². The number of carbonyl (C=O) groups is 2. The first-order valence-electron chi connectivity index (χ1n) is 10.2. The fourth-order valence-corrected chi connectivity index (χ4v) is 4.54. The molecule has 158 valence electrons. The number of rotatable bonds is 7. The molecule has 0 spiro atoms. The van der Waals surface area contributed by atoms with Crippen molar-refractivity contribution >= 4 is 39.2 Å². The molecule has 0 fully saturated rings. The normalized spacial score (nSPS) is 10.9. The molecule has 2 heterocycles. The Balaban J connectivity index is 1.43. The van der Waals surface area contributed by atoms with Crippen LogP contribution in [0.4, 0.5) is 5.13 Å². The van der Waals surface area contributed by atoms with Gasteiger partial charge in [0.05, 0.1) is 12.2 Å². The fourth-order valence-electron chi connectivity index (χ4n) is 3.52. The van der Waals surface area contributed by atoms with Crippen LogP contribution in [-0.2, 0) is 17.8 Å². The molecule has 0 aliphatic heterocycles. The molecule has 0 saturated heterocycles. The van der Waals surface area contributed by atoms with Gasteiger partial charge in [-0.1, -0.05) is 59.9 Å². The summed E-state index contributed by atoms with van der Waals surface area (Å²) in [6, 6.07) is 17.9. The van der Waals surface area contributed by atoms with Crippen LogP contribution in [0.3, 0.4) is 0 Å². The fraction of sp³-hybridized carbons (Fsp3) is 0.208. The zero-order chi connectivity index (χ0) is 21.8. The van der Waals surface area contributed by atoms with Crippen molar-refractivity contribution in [3.8, 4) is 0 Å². The van der Waals surface area contributed by atoms with E-state index in [1.807, 2.05) is 54.7 Å². The summed E-state index contributed by atoms with van der Waals surface area (Å²) < 4.78 is 0. The Kier molecular flexibility index (Phi) is 6.13. The van der Waals surface area contributed by atoms with E-state index in [9.17, 15) is 9.59 Å². The van der Waals surface area contributed by atoms with E-state index in [0.29, 0.717) is 28.8 Å². The van der Waals surface area contributed by atoms with Crippen molar-refractivity contribution in [3.05, 3.63) is 82.5 Å². The molecule has 2 aromatic carbocycles. The highest BCUT2D eigenvalue weighted by Crippen LogP contribution is 2.27. The summed E-state index contributed by atoms with van der Waals surface area (Å²) in [5.41, 5.74) is 3.90. The number of aromatic nitrogens is 2. The summed E-state index contributed by atoms with van der Waals surface area (Å²) in [4.78, 5) is 34.9. The van der Waals surface area contributed by atoms with Crippen LogP contribution in [0.1, 0.15) is 33.4 Å². The van der Waals surface area contributed by atoms with E-state index < -0.39 is 0 Å². The maximum atomic E-state index is 12.8. The second-order valence-electron chi connectivity index (χ2n) is 7.37. The Morgan fingerprint density at radius 1 is 1.10 bits per heavy atom. The highest BCUT2D eigenvalue weighted by atomic mass is 32.1. The average molecular weight is 433 g/mol. The molecule has 31 heavy (non-hydrogen) atoms. The molecule has 0 aliphatic rings. The SMILES string of the molecule is CC(=O)N(Cc1ccccc1)c1nc(C)c(C(=O)NCCc2c[nH]c3ccccc23)s1. The third kappa shape index (κ3) is 4.67. The van der Waals surface area contributed by atoms with Crippen LogP contribution < -0.4 is 10.2 Å². The van der Waals surface area contributed by atoms with E-state index in [1.165, 1.54) is 29.2 Å². The molecule has 2 N–H and O–H groups in total. The number of anilines is 1. The van der Waals surface area contributed by atoms with Gasteiger partial charge >= 0.3 is 0 Å². The first kappa shape index (κ1) is 20.8. The zero-order valence-corrected chi connectivity index (χ0v) is 18.3. The molecule has 0 radical (unpaired) electrons. The lowest BCUT2D eigenvalue weighted by atomic mass is 10.1. The Hall–Kier alpha value is -3.45. The zero-order valence-electron chi connectivity index (χ0n) is 17.5. The summed E-state index contributed by atoms with van der Waals surface area (Å²) >= 11 is 1.25. The minimum absolute atomic E-state index is 0.108. The monoisotopic (exact) mass is 432 g/mol. The number of para-hydroxylation sites is 1. The molecule has 2 aromatic heterocycles. The molecule has 0 saturated carbocycles. The van der Waals surface area contributed by atoms with Crippen molar-refractivity contribution in [3.63, 3.8) is 0 Å². The highest BCUT2D eigenvalue weighted by molar-refractivity contribution is 7.17. The lowest BCUT2D eigenvalue weighted by Crippen LogP contribution is -2.27. The predicted octanol–water partition coefficient (Wildman–Crippen LogP) is 4.46. The van der Waals surface area contributed by atoms with Gasteiger partial charge in [0.1, 0.15) is 4.88 Å². The number of hydrogen-bond acceptors (Lipinski definition) is 4. The van der Waals surface area contributed by atoms with Crippen LogP contribution in [0.15, 0.2) is 60.8 Å². The van der Waals surface area contributed by atoms with Crippen LogP contribution in [-0.4, -0.2) is 28.3 Å². The molecule has 6 nitrogen and oxygen atoms in total. The molecule has 0 atom stereocenters. The van der Waals surface area contributed by atoms with Gasteiger partial charge in [-0.05, 0) is 30.5 Å². The van der Waals surface area contributed by atoms with E-state index in [4.69, 9.17) is 0 Å². The van der Waals surface area contributed by atoms with E-state index in [1.54, 1.807) is 11.8 Å². The molecular weight excluding hydrogens is 408 g/mol. The number of carbonyl (C=O) groups excluding carboxylic acids is 2. The van der Waals surface area contributed by atoms with Crippen LogP contribution in [0, 0.1) is 6.92 Å². The summed E-state index contributed by atoms with van der Waals surface area (Å²) in [5.74, 6) is -0.270. The quantitative estimate of drug-likeness (QED) is 0.453. The van der Waals surface area contributed by atoms with Crippen molar-refractivity contribution in [2.45, 2.75) is 26.8 Å². The molecule has 7 heteroatoms. The van der Waals surface area contributed by atoms with Crippen molar-refractivity contribution in [2.24, 2.45) is 0 Å². The smallest absolute Gasteiger partial charge is 0.263 e. The maximum absolute atomic E-state index is 12.8. The van der Waals surface area contributed by atoms with Gasteiger partial charge < -0.3 is 10.3 Å². The molecule has 0 bridgehead atoms. The molecule has 2 amide bonds. The first-order chi connectivity index (χ1) is 15.0. The number of benzene rings is 2. The third-order valence-corrected chi connectivity index (χ3v) is 6.32. The summed E-state index contributed by atoms with van der Waals surface area (Å²) in [6.45, 7) is 4.26. The summed E-state index contributed by atoms with van der Waals surface area (Å²) in [7, 11) is 0. The number of thiazole rings is 1. The third-order valence-electron chi connectivity index (χ3n) is 5.14. The average Bonchev–Trinajstić information content (AvgIpc) is 3.36. The Morgan fingerprint density at radius 2 is 1.84 bits per heavy atom. The van der Waals surface area contributed by atoms with Gasteiger partial charge in [-0.15, -0.1) is 0 Å². The van der Waals surface area contributed by atoms with E-state index in [-0.39, 0.29) is 11.8 Å². The predicted molar refractivity (Wildman–Crippen MR) is 124 cm³/mol. The van der Waals surface area contributed by atoms with Gasteiger partial charge in [0.15, 0.2) is 5.13 Å². The number of fused-ring (bicyclic) bond motifs is 1. The summed E-state index contributed by atoms with van der Waals surface area (Å²) in [5, 5.41) is 4.70. The molecular formula is C24H24N4O2S. The standard InChI is InChI=1S/C24H24N4O2S/c1-16-22(23(30)25-13-12-19-14-26-21-11-7-6-10-20(19)21)31-24(27-16)28(17(2)29)15-18-8-4-3-5-9-18/h3-11,14,26H,12-13,15H2,1-2H3,(H,25,30). The maximum Gasteiger partial charge on any atom is 0.263 e. The highest BCUT2D eigenvalue weighted by Gasteiger charge is 2.21. The number of hydrogen-bond donors (Lipinski definition) is 2. The number of H-pyrrole nitrogens is 1. The Labute approximate surface area is 184 Å². The van der Waals surface area contributed by atoms with Gasteiger partial charge in [-0.2, -0.15) is 0 Å². The number of nitrogens with one attached hydrogen (secondary N) is 2. The van der Waals surface area contributed by atoms with Crippen molar-refractivity contribution in [1.29, 1.82) is 0 Å². The van der Waals surface area contributed by atoms with E-state index in [2.05, 4.69) is 21.4 Å². The molecule has 4 rings (SSSR count). The number of aryl methyl sites for hydroxylation is 1. The van der Waals surface area contributed by atoms with Gasteiger partial charge in [0.25, 0.3) is 5.91 Å². The van der Waals surface area contributed by atoms with Gasteiger partial charge in [-0.3, -0.25) is 14.5 Å². The van der Waals surface area contributed by atoms with Crippen molar-refractivity contribution in [1.82, 2.24) is 15.3 Å². The van der Waals surface area contributed by atoms with Crippen molar-refractivity contribution in [2.75, 3.05) is 11.4 Å². The minimum atomic E-state index is -0.163. The summed E-state index contributed by atoms with van der Waals surface area (Å²) in [6.07, 6.45) is 2.72. The lowest BCUT2D eigenvalue weighted by molar-refractivity contribution is -0.116. The first-order valence-corrected chi connectivity index (χ1v) is 11.0. The lowest BCUT2D eigenvalue weighted by Gasteiger charge is -2.17. The second kappa shape index (κ2) is 9.14. The molecule has 0 unspecified atom stereocenters. The Bertz CT molecular complexity index is 1210. The van der Waals surface area contributed by atoms with Crippen molar-refractivity contribution < 1.29 is 9.59 Å². The van der Waals surface area contributed by atoms with Crippen LogP contribution >= 0.6 is 11.3 Å². The van der Waals surface area contributed by atoms with Gasteiger partial charge in [-0.25, -0.2) is 4.98 Å².